The Morgan fingerprint density at radius 1 is 1.66 bits per heavy atom. The summed E-state index contributed by atoms with van der Waals surface area (Å²) in [6, 6.07) is -3.34. The molecule has 1 N–H and O–H groups in total. The third-order valence-electron chi connectivity index (χ3n) is 4.98. The predicted molar refractivity (Wildman–Crippen MR) is 111 cm³/mol. The average Bonchev–Trinajstić information content (AvgIpc) is 2.95. The van der Waals surface area contributed by atoms with Crippen LogP contribution in [0.1, 0.15) is 94.6 Å². The van der Waals surface area contributed by atoms with Gasteiger partial charge in [-0.05, 0) is 48.9 Å². The summed E-state index contributed by atoms with van der Waals surface area (Å²) in [5, 5.41) is 4.35. The normalized spacial score (nSPS) is 61.4. The number of allylic oxidation sites excluding steroid dienone is 3. The molecular formula is C24H36O5. The fraction of sp³-hybridized carbons (Fsp3) is 0.750. The summed E-state index contributed by atoms with van der Waals surface area (Å²) >= 11 is 0. The lowest BCUT2D eigenvalue weighted by atomic mass is 9.65. The first-order valence-corrected chi connectivity index (χ1v) is 8.98. The van der Waals surface area contributed by atoms with Gasteiger partial charge in [-0.25, -0.2) is 0 Å². The van der Waals surface area contributed by atoms with Gasteiger partial charge >= 0.3 is 11.9 Å². The van der Waals surface area contributed by atoms with Crippen LogP contribution >= 0.6 is 0 Å². The Labute approximate surface area is 205 Å². The summed E-state index contributed by atoms with van der Waals surface area (Å²) in [7, 11) is 0. The van der Waals surface area contributed by atoms with E-state index in [-0.39, 0.29) is 6.42 Å². The van der Waals surface area contributed by atoms with Crippen LogP contribution in [-0.2, 0) is 19.1 Å². The lowest BCUT2D eigenvalue weighted by Crippen LogP contribution is -2.42. The number of hydrogen-bond donors (Lipinski definition) is 1. The van der Waals surface area contributed by atoms with Crippen LogP contribution in [0.5, 0.6) is 0 Å². The van der Waals surface area contributed by atoms with E-state index >= 15 is 0 Å². The maximum atomic E-state index is 13.8. The number of aliphatic hydroxyl groups is 1. The van der Waals surface area contributed by atoms with E-state index in [0.717, 1.165) is 6.92 Å². The molecule has 0 saturated carbocycles. The molecule has 0 amide bonds. The van der Waals surface area contributed by atoms with Gasteiger partial charge in [0.2, 0.25) is 1.43 Å². The molecule has 0 radical (unpaired) electrons. The van der Waals surface area contributed by atoms with Crippen LogP contribution in [0, 0.1) is 29.5 Å². The maximum absolute atomic E-state index is 13.8. The monoisotopic (exact) mass is 426 g/mol. The highest BCUT2D eigenvalue weighted by molar-refractivity contribution is 5.72. The van der Waals surface area contributed by atoms with Gasteiger partial charge in [0.15, 0.2) is 0 Å². The highest BCUT2D eigenvalue weighted by Crippen LogP contribution is 2.45. The highest BCUT2D eigenvalue weighted by Gasteiger charge is 2.42. The number of hydrogen-bond acceptors (Lipinski definition) is 5. The van der Waals surface area contributed by atoms with Gasteiger partial charge in [-0.1, -0.05) is 45.6 Å². The first-order chi connectivity index (χ1) is 22.5. The van der Waals surface area contributed by atoms with E-state index in [1.807, 2.05) is 0 Å². The van der Waals surface area contributed by atoms with Crippen molar-refractivity contribution in [1.29, 1.82) is 1.43 Å². The van der Waals surface area contributed by atoms with Crippen molar-refractivity contribution in [3.05, 3.63) is 23.7 Å². The molecular weight excluding hydrogens is 368 g/mol. The van der Waals surface area contributed by atoms with Crippen LogP contribution < -0.4 is 0 Å². The molecule has 162 valence electrons. The van der Waals surface area contributed by atoms with Gasteiger partial charge in [-0.3, -0.25) is 9.59 Å². The quantitative estimate of drug-likeness (QED) is 0.618. The minimum atomic E-state index is -4.37. The Balaban J connectivity index is 2.33. The third-order valence-corrected chi connectivity index (χ3v) is 4.98. The Hall–Kier alpha value is -1.62. The summed E-state index contributed by atoms with van der Waals surface area (Å²) in [6.07, 6.45) is -17.9. The van der Waals surface area contributed by atoms with Gasteiger partial charge in [0.1, 0.15) is 12.2 Å². The zero-order valence-electron chi connectivity index (χ0n) is 37.5. The van der Waals surface area contributed by atoms with E-state index in [2.05, 4.69) is 5.11 Å². The minimum Gasteiger partial charge on any atom is -0.462 e. The first kappa shape index (κ1) is 7.22. The van der Waals surface area contributed by atoms with Crippen LogP contribution in [0.25, 0.3) is 0 Å². The molecule has 3 rings (SSSR count). The summed E-state index contributed by atoms with van der Waals surface area (Å²) < 4.78 is 190. The van der Waals surface area contributed by atoms with Gasteiger partial charge in [0, 0.05) is 37.0 Å². The van der Waals surface area contributed by atoms with E-state index < -0.39 is 136 Å². The van der Waals surface area contributed by atoms with Crippen molar-refractivity contribution < 1.29 is 53.0 Å². The average molecular weight is 427 g/mol. The Kier molecular flexibility index (Phi) is 2.35. The summed E-state index contributed by atoms with van der Waals surface area (Å²) in [5.74, 6) is -18.2. The van der Waals surface area contributed by atoms with Crippen molar-refractivity contribution >= 4 is 11.9 Å². The molecule has 1 aliphatic heterocycles. The molecule has 0 spiro atoms. The molecule has 29 heavy (non-hydrogen) atoms. The van der Waals surface area contributed by atoms with Crippen LogP contribution in [0.3, 0.4) is 0 Å². The lowest BCUT2D eigenvalue weighted by Gasteiger charge is -2.43. The topological polar surface area (TPSA) is 72.8 Å². The second-order valence-electron chi connectivity index (χ2n) is 6.92. The number of carbonyl (C=O) groups excluding carboxylic acids is 2. The van der Waals surface area contributed by atoms with Crippen molar-refractivity contribution in [3.63, 3.8) is 0 Å². The molecule has 1 fully saturated rings. The van der Waals surface area contributed by atoms with E-state index in [9.17, 15) is 9.59 Å². The molecule has 3 aliphatic rings. The van der Waals surface area contributed by atoms with Crippen molar-refractivity contribution in [2.45, 2.75) is 84.2 Å². The molecule has 0 bridgehead atoms. The number of cyclic esters (lactones) is 1. The number of ether oxygens (including phenoxy) is 2. The minimum absolute atomic E-state index is 0.382. The Morgan fingerprint density at radius 2 is 2.55 bits per heavy atom. The molecule has 0 aromatic carbocycles. The van der Waals surface area contributed by atoms with E-state index in [1.54, 1.807) is 0 Å². The second kappa shape index (κ2) is 9.46. The zero-order chi connectivity index (χ0) is 40.1. The fourth-order valence-corrected chi connectivity index (χ4v) is 3.62. The van der Waals surface area contributed by atoms with Crippen LogP contribution in [0.15, 0.2) is 23.7 Å². The largest absolute Gasteiger partial charge is 0.462 e. The predicted octanol–water partition coefficient (Wildman–Crippen LogP) is 4.20. The molecule has 2 unspecified atom stereocenters. The molecule has 8 atom stereocenters. The first-order valence-electron chi connectivity index (χ1n) is 19.9. The lowest BCUT2D eigenvalue weighted by molar-refractivity contribution is -0.162. The standard InChI is InChI=1S/C24H36O5/c1-5-15(3)24(27)29-21-11-14(2)10-17-7-6-16(4)20(23(17)21)9-8-19-12-18(25)13-22(26)28-19/h6-7,10,14-16,18-21,23,25H,5,8-9,11-13H2,1-4H3/t14-,15-,16-,18+,19?,20-,21?,23-/m0/s1/i1D3,2D3,3D3,5D2,6D,7D,10D,11D2,13D2,14D,15D,16D,25D. The van der Waals surface area contributed by atoms with E-state index in [0.29, 0.717) is 0 Å². The highest BCUT2D eigenvalue weighted by atomic mass is 16.5. The Bertz CT molecular complexity index is 1480. The molecule has 5 nitrogen and oxygen atoms in total. The van der Waals surface area contributed by atoms with E-state index in [4.69, 9.17) is 39.7 Å². The van der Waals surface area contributed by atoms with Crippen molar-refractivity contribution in [2.75, 3.05) is 0 Å². The SMILES string of the molecule is [2H]O[C@@H]1CC(CC[C@@H]2[C@@H]3C(=C([2H])[C@]([2H])(C([2H])([2H])[2H])C([2H])([2H])C3OC(=O)[C@@]([2H])(C([2H])([2H])[2H])C([2H])([2H])C([2H])([2H])[2H])C([2H])=C([2H])[C@]2([2H])C)OC(=O)C1([2H])[2H]. The van der Waals surface area contributed by atoms with Gasteiger partial charge in [0.05, 0.1) is 22.5 Å². The number of esters is 2. The van der Waals surface area contributed by atoms with Crippen molar-refractivity contribution in [3.8, 4) is 0 Å². The van der Waals surface area contributed by atoms with Crippen LogP contribution in [0.2, 0.25) is 0 Å². The summed E-state index contributed by atoms with van der Waals surface area (Å²) in [5.41, 5.74) is -0.888. The number of rotatable bonds is 7. The number of aliphatic hydroxyl groups excluding tert-OH is 1. The number of fused-ring (bicyclic) bond motifs is 1. The zero-order valence-corrected chi connectivity index (χ0v) is 15.5. The van der Waals surface area contributed by atoms with Crippen molar-refractivity contribution in [1.82, 2.24) is 0 Å². The van der Waals surface area contributed by atoms with Crippen molar-refractivity contribution in [2.24, 2.45) is 29.5 Å². The van der Waals surface area contributed by atoms with E-state index in [1.165, 1.54) is 0 Å². The molecule has 5 heteroatoms. The summed E-state index contributed by atoms with van der Waals surface area (Å²) in [4.78, 5) is 26.2. The number of carbonyl (C=O) groups is 2. The van der Waals surface area contributed by atoms with Crippen LogP contribution in [-0.4, -0.2) is 36.8 Å². The maximum Gasteiger partial charge on any atom is 0.308 e. The molecule has 0 aromatic heterocycles. The molecule has 0 aromatic rings. The Morgan fingerprint density at radius 3 is 3.31 bits per heavy atom. The van der Waals surface area contributed by atoms with Gasteiger partial charge in [0.25, 0.3) is 0 Å². The van der Waals surface area contributed by atoms with Gasteiger partial charge in [-0.2, -0.15) is 0 Å². The third kappa shape index (κ3) is 5.30. The smallest absolute Gasteiger partial charge is 0.308 e. The molecule has 2 aliphatic carbocycles. The van der Waals surface area contributed by atoms with Crippen LogP contribution in [0.4, 0.5) is 0 Å². The molecule has 1 saturated heterocycles. The summed E-state index contributed by atoms with van der Waals surface area (Å²) in [6.45, 7) is -10.9. The second-order valence-corrected chi connectivity index (χ2v) is 6.92. The van der Waals surface area contributed by atoms with Gasteiger partial charge in [-0.15, -0.1) is 0 Å². The van der Waals surface area contributed by atoms with Gasteiger partial charge < -0.3 is 14.6 Å². The fourth-order valence-electron chi connectivity index (χ4n) is 3.62. The molecule has 1 heterocycles.